The third kappa shape index (κ3) is 2.72. The summed E-state index contributed by atoms with van der Waals surface area (Å²) in [6.07, 6.45) is 0.271. The summed E-state index contributed by atoms with van der Waals surface area (Å²) < 4.78 is 13.2. The molecule has 1 atom stereocenters. The quantitative estimate of drug-likeness (QED) is 0.399. The zero-order valence-electron chi connectivity index (χ0n) is 9.88. The fraction of sp³-hybridized carbons (Fsp3) is 0.364. The summed E-state index contributed by atoms with van der Waals surface area (Å²) in [7, 11) is 0. The highest BCUT2D eigenvalue weighted by Crippen LogP contribution is 2.33. The van der Waals surface area contributed by atoms with Crippen LogP contribution in [0.3, 0.4) is 0 Å². The van der Waals surface area contributed by atoms with Gasteiger partial charge in [0.1, 0.15) is 5.82 Å². The van der Waals surface area contributed by atoms with Crippen LogP contribution in [0.1, 0.15) is 6.42 Å². The number of amides is 1. The van der Waals surface area contributed by atoms with Gasteiger partial charge in [0.15, 0.2) is 0 Å². The molecule has 0 radical (unpaired) electrons. The van der Waals surface area contributed by atoms with Crippen molar-refractivity contribution in [3.63, 3.8) is 0 Å². The Balaban J connectivity index is 2.25. The topological polar surface area (TPSA) is 95.1 Å². The maximum atomic E-state index is 13.2. The van der Waals surface area contributed by atoms with Crippen LogP contribution in [0.5, 0.6) is 0 Å². The van der Waals surface area contributed by atoms with E-state index in [1.807, 2.05) is 0 Å². The Hall–Kier alpha value is -1.98. The molecule has 0 aromatic heterocycles. The van der Waals surface area contributed by atoms with Crippen molar-refractivity contribution in [1.29, 1.82) is 0 Å². The minimum Gasteiger partial charge on any atom is -0.397 e. The van der Waals surface area contributed by atoms with E-state index in [0.29, 0.717) is 12.2 Å². The molecule has 0 spiro atoms. The van der Waals surface area contributed by atoms with Crippen molar-refractivity contribution in [1.82, 2.24) is 0 Å². The Morgan fingerprint density at radius 3 is 3.05 bits per heavy atom. The lowest BCUT2D eigenvalue weighted by atomic mass is 10.1. The highest BCUT2D eigenvalue weighted by atomic mass is 35.5. The molecule has 100 valence electrons. The largest absolute Gasteiger partial charge is 0.397 e. The molecule has 1 amide bonds. The molecule has 0 bridgehead atoms. The van der Waals surface area contributed by atoms with Crippen molar-refractivity contribution >= 4 is 28.9 Å². The van der Waals surface area contributed by atoms with Gasteiger partial charge < -0.3 is 10.6 Å². The van der Waals surface area contributed by atoms with E-state index in [2.05, 4.69) is 10.0 Å². The van der Waals surface area contributed by atoms with Crippen molar-refractivity contribution in [3.8, 4) is 0 Å². The molecule has 0 saturated carbocycles. The smallest absolute Gasteiger partial charge is 0.227 e. The summed E-state index contributed by atoms with van der Waals surface area (Å²) in [5, 5.41) is 3.37. The number of halogens is 2. The molecule has 19 heavy (non-hydrogen) atoms. The van der Waals surface area contributed by atoms with Gasteiger partial charge in [-0.25, -0.2) is 4.39 Å². The third-order valence-electron chi connectivity index (χ3n) is 2.97. The number of hydrogen-bond acceptors (Lipinski definition) is 3. The van der Waals surface area contributed by atoms with E-state index < -0.39 is 5.82 Å². The number of nitrogens with two attached hydrogens (primary N) is 1. The van der Waals surface area contributed by atoms with Crippen LogP contribution in [-0.4, -0.2) is 19.0 Å². The molecule has 1 aliphatic rings. The Morgan fingerprint density at radius 1 is 1.63 bits per heavy atom. The number of nitrogen functional groups attached to an aromatic ring is 1. The van der Waals surface area contributed by atoms with E-state index in [4.69, 9.17) is 22.9 Å². The monoisotopic (exact) mass is 283 g/mol. The molecular weight excluding hydrogens is 273 g/mol. The zero-order valence-corrected chi connectivity index (χ0v) is 10.6. The number of nitrogens with zero attached hydrogens (tertiary/aromatic N) is 4. The fourth-order valence-electron chi connectivity index (χ4n) is 2.07. The average molecular weight is 284 g/mol. The number of carbonyl (C=O) groups excluding carboxylic acids is 1. The lowest BCUT2D eigenvalue weighted by Gasteiger charge is -2.19. The first-order valence-corrected chi connectivity index (χ1v) is 5.96. The van der Waals surface area contributed by atoms with Gasteiger partial charge in [-0.3, -0.25) is 4.79 Å². The van der Waals surface area contributed by atoms with Crippen LogP contribution in [0, 0.1) is 11.7 Å². The molecule has 1 fully saturated rings. The molecule has 1 aliphatic heterocycles. The van der Waals surface area contributed by atoms with Crippen LogP contribution in [-0.2, 0) is 4.79 Å². The molecule has 8 heteroatoms. The normalized spacial score (nSPS) is 18.5. The zero-order chi connectivity index (χ0) is 14.0. The molecular formula is C11H11ClFN5O. The Kier molecular flexibility index (Phi) is 3.78. The molecule has 6 nitrogen and oxygen atoms in total. The lowest BCUT2D eigenvalue weighted by molar-refractivity contribution is -0.117. The van der Waals surface area contributed by atoms with Gasteiger partial charge in [-0.15, -0.1) is 0 Å². The number of azide groups is 1. The van der Waals surface area contributed by atoms with E-state index in [1.54, 1.807) is 0 Å². The van der Waals surface area contributed by atoms with Crippen LogP contribution >= 0.6 is 11.6 Å². The first-order valence-electron chi connectivity index (χ1n) is 5.58. The summed E-state index contributed by atoms with van der Waals surface area (Å²) in [5.41, 5.74) is 14.5. The van der Waals surface area contributed by atoms with Crippen LogP contribution < -0.4 is 10.6 Å². The summed E-state index contributed by atoms with van der Waals surface area (Å²) in [4.78, 5) is 16.0. The average Bonchev–Trinajstić information content (AvgIpc) is 2.72. The number of rotatable bonds is 3. The second-order valence-corrected chi connectivity index (χ2v) is 4.72. The van der Waals surface area contributed by atoms with Crippen LogP contribution in [0.4, 0.5) is 15.8 Å². The highest BCUT2D eigenvalue weighted by molar-refractivity contribution is 6.31. The fourth-order valence-corrected chi connectivity index (χ4v) is 2.23. The van der Waals surface area contributed by atoms with E-state index >= 15 is 0 Å². The van der Waals surface area contributed by atoms with Crippen molar-refractivity contribution in [2.45, 2.75) is 6.42 Å². The van der Waals surface area contributed by atoms with Gasteiger partial charge >= 0.3 is 0 Å². The molecule has 1 heterocycles. The molecule has 0 aliphatic carbocycles. The van der Waals surface area contributed by atoms with Gasteiger partial charge in [0.2, 0.25) is 5.91 Å². The van der Waals surface area contributed by atoms with Crippen LogP contribution in [0.2, 0.25) is 5.02 Å². The maximum absolute atomic E-state index is 13.2. The van der Waals surface area contributed by atoms with E-state index in [0.717, 1.165) is 6.07 Å². The Labute approximate surface area is 113 Å². The van der Waals surface area contributed by atoms with Crippen molar-refractivity contribution in [3.05, 3.63) is 33.4 Å². The van der Waals surface area contributed by atoms with Crippen molar-refractivity contribution in [2.24, 2.45) is 11.0 Å². The van der Waals surface area contributed by atoms with Crippen LogP contribution in [0.15, 0.2) is 17.2 Å². The molecule has 2 N–H and O–H groups in total. The minimum absolute atomic E-state index is 0.0633. The SMILES string of the molecule is [N-]=[N+]=NCC1CC(=O)N(c2cc(Cl)c(F)cc2N)C1. The Bertz CT molecular complexity index is 572. The summed E-state index contributed by atoms with van der Waals surface area (Å²) >= 11 is 5.70. The summed E-state index contributed by atoms with van der Waals surface area (Å²) in [6, 6.07) is 2.42. The van der Waals surface area contributed by atoms with Crippen molar-refractivity contribution < 1.29 is 9.18 Å². The molecule has 1 unspecified atom stereocenters. The van der Waals surface area contributed by atoms with E-state index in [1.165, 1.54) is 11.0 Å². The van der Waals surface area contributed by atoms with E-state index in [-0.39, 0.29) is 35.5 Å². The maximum Gasteiger partial charge on any atom is 0.227 e. The van der Waals surface area contributed by atoms with E-state index in [9.17, 15) is 9.18 Å². The Morgan fingerprint density at radius 2 is 2.37 bits per heavy atom. The third-order valence-corrected chi connectivity index (χ3v) is 3.26. The van der Waals surface area contributed by atoms with Gasteiger partial charge in [0, 0.05) is 30.5 Å². The first kappa shape index (κ1) is 13.5. The first-order chi connectivity index (χ1) is 9.02. The van der Waals surface area contributed by atoms with Gasteiger partial charge in [-0.1, -0.05) is 16.7 Å². The van der Waals surface area contributed by atoms with Crippen molar-refractivity contribution in [2.75, 3.05) is 23.7 Å². The minimum atomic E-state index is -0.625. The van der Waals surface area contributed by atoms with Gasteiger partial charge in [-0.05, 0) is 17.5 Å². The second kappa shape index (κ2) is 5.34. The number of hydrogen-bond donors (Lipinski definition) is 1. The van der Waals surface area contributed by atoms with Crippen LogP contribution in [0.25, 0.3) is 10.4 Å². The summed E-state index contributed by atoms with van der Waals surface area (Å²) in [5.74, 6) is -0.834. The molecule has 2 rings (SSSR count). The van der Waals surface area contributed by atoms with Gasteiger partial charge in [0.25, 0.3) is 0 Å². The molecule has 1 saturated heterocycles. The number of carbonyl (C=O) groups is 1. The second-order valence-electron chi connectivity index (χ2n) is 4.31. The highest BCUT2D eigenvalue weighted by Gasteiger charge is 2.31. The number of anilines is 2. The lowest BCUT2D eigenvalue weighted by Crippen LogP contribution is -2.25. The number of benzene rings is 1. The summed E-state index contributed by atoms with van der Waals surface area (Å²) in [6.45, 7) is 0.623. The standard InChI is InChI=1S/C11H11ClFN5O/c12-7-2-10(9(14)3-8(7)13)18-5-6(1-11(18)19)4-16-17-15/h2-3,6H,1,4-5,14H2. The van der Waals surface area contributed by atoms with Gasteiger partial charge in [0.05, 0.1) is 16.4 Å². The predicted molar refractivity (Wildman–Crippen MR) is 70.3 cm³/mol. The van der Waals surface area contributed by atoms with Gasteiger partial charge in [-0.2, -0.15) is 0 Å². The molecule has 1 aromatic rings. The predicted octanol–water partition coefficient (Wildman–Crippen LogP) is 2.72. The molecule has 1 aromatic carbocycles.